The molecule has 0 aliphatic rings. The van der Waals surface area contributed by atoms with Gasteiger partial charge in [-0.15, -0.1) is 13.2 Å². The van der Waals surface area contributed by atoms with Crippen LogP contribution in [0.25, 0.3) is 5.57 Å². The van der Waals surface area contributed by atoms with Crippen LogP contribution in [0.5, 0.6) is 0 Å². The van der Waals surface area contributed by atoms with Crippen LogP contribution in [0.15, 0.2) is 30.8 Å². The Labute approximate surface area is 90.1 Å². The minimum absolute atomic E-state index is 0.254. The van der Waals surface area contributed by atoms with Crippen LogP contribution in [-0.2, 0) is 4.74 Å². The second kappa shape index (κ2) is 4.68. The van der Waals surface area contributed by atoms with Gasteiger partial charge in [0.15, 0.2) is 0 Å². The lowest BCUT2D eigenvalue weighted by Crippen LogP contribution is -2.14. The first kappa shape index (κ1) is 12.1. The van der Waals surface area contributed by atoms with Gasteiger partial charge in [0, 0.05) is 5.02 Å². The fraction of sp³-hybridized carbons (Fsp3) is 0.200. The monoisotopic (exact) mass is 236 g/mol. The second-order valence-electron chi connectivity index (χ2n) is 2.84. The van der Waals surface area contributed by atoms with Gasteiger partial charge >= 0.3 is 6.36 Å². The summed E-state index contributed by atoms with van der Waals surface area (Å²) in [5, 5.41) is 0.517. The number of hydrogen-bond donors (Lipinski definition) is 0. The Bertz CT molecular complexity index is 343. The predicted molar refractivity (Wildman–Crippen MR) is 52.5 cm³/mol. The van der Waals surface area contributed by atoms with Gasteiger partial charge < -0.3 is 0 Å². The maximum atomic E-state index is 11.7. The summed E-state index contributed by atoms with van der Waals surface area (Å²) < 4.78 is 38.8. The van der Waals surface area contributed by atoms with Crippen molar-refractivity contribution in [1.82, 2.24) is 0 Å². The Hall–Kier alpha value is -1.00. The van der Waals surface area contributed by atoms with Gasteiger partial charge in [-0.05, 0) is 23.3 Å². The maximum absolute atomic E-state index is 11.7. The fourth-order valence-electron chi connectivity index (χ4n) is 0.938. The van der Waals surface area contributed by atoms with Crippen LogP contribution < -0.4 is 0 Å². The highest BCUT2D eigenvalue weighted by molar-refractivity contribution is 6.30. The highest BCUT2D eigenvalue weighted by Gasteiger charge is 2.29. The number of benzene rings is 1. The van der Waals surface area contributed by atoms with Crippen molar-refractivity contribution in [2.45, 2.75) is 6.36 Å². The maximum Gasteiger partial charge on any atom is 0.522 e. The van der Waals surface area contributed by atoms with Gasteiger partial charge in [-0.1, -0.05) is 30.3 Å². The summed E-state index contributed by atoms with van der Waals surface area (Å²) in [7, 11) is 0. The van der Waals surface area contributed by atoms with Crippen LogP contribution in [0.1, 0.15) is 5.56 Å². The molecule has 1 rings (SSSR count). The molecule has 1 nitrogen and oxygen atoms in total. The van der Waals surface area contributed by atoms with Crippen LogP contribution in [0, 0.1) is 0 Å². The third-order valence-electron chi connectivity index (χ3n) is 1.66. The van der Waals surface area contributed by atoms with Gasteiger partial charge in [0.1, 0.15) is 0 Å². The summed E-state index contributed by atoms with van der Waals surface area (Å²) in [6.45, 7) is 2.91. The van der Waals surface area contributed by atoms with Crippen molar-refractivity contribution in [2.75, 3.05) is 6.61 Å². The van der Waals surface area contributed by atoms with E-state index in [1.165, 1.54) is 0 Å². The van der Waals surface area contributed by atoms with E-state index in [2.05, 4.69) is 11.3 Å². The van der Waals surface area contributed by atoms with Crippen LogP contribution in [0.3, 0.4) is 0 Å². The lowest BCUT2D eigenvalue weighted by molar-refractivity contribution is -0.318. The predicted octanol–water partition coefficient (Wildman–Crippen LogP) is 3.89. The topological polar surface area (TPSA) is 9.23 Å². The molecule has 1 aromatic carbocycles. The molecule has 0 fully saturated rings. The number of halogens is 4. The minimum Gasteiger partial charge on any atom is -0.287 e. The summed E-state index contributed by atoms with van der Waals surface area (Å²) >= 11 is 5.63. The van der Waals surface area contributed by atoms with Gasteiger partial charge in [-0.2, -0.15) is 0 Å². The quantitative estimate of drug-likeness (QED) is 0.774. The molecule has 0 N–H and O–H groups in total. The Kier molecular flexibility index (Phi) is 3.77. The van der Waals surface area contributed by atoms with E-state index in [4.69, 9.17) is 11.6 Å². The van der Waals surface area contributed by atoms with Gasteiger partial charge in [-0.25, -0.2) is 0 Å². The molecule has 0 radical (unpaired) electrons. The molecule has 0 aromatic heterocycles. The average Bonchev–Trinajstić information content (AvgIpc) is 2.14. The smallest absolute Gasteiger partial charge is 0.287 e. The molecule has 15 heavy (non-hydrogen) atoms. The molecule has 5 heteroatoms. The van der Waals surface area contributed by atoms with Gasteiger partial charge in [0.2, 0.25) is 0 Å². The number of hydrogen-bond acceptors (Lipinski definition) is 1. The number of rotatable bonds is 3. The summed E-state index contributed by atoms with van der Waals surface area (Å²) in [5.41, 5.74) is 0.827. The van der Waals surface area contributed by atoms with Crippen LogP contribution in [0.2, 0.25) is 5.02 Å². The summed E-state index contributed by atoms with van der Waals surface area (Å²) in [6.07, 6.45) is -4.63. The van der Waals surface area contributed by atoms with E-state index in [0.29, 0.717) is 10.6 Å². The first-order valence-corrected chi connectivity index (χ1v) is 4.41. The zero-order valence-corrected chi connectivity index (χ0v) is 8.40. The van der Waals surface area contributed by atoms with E-state index in [1.807, 2.05) is 0 Å². The van der Waals surface area contributed by atoms with Crippen LogP contribution in [0.4, 0.5) is 13.2 Å². The standard InChI is InChI=1S/C10H8ClF3O/c1-7(6-15-10(12,13)14)8-2-4-9(11)5-3-8/h2-5H,1,6H2. The zero-order valence-electron chi connectivity index (χ0n) is 7.64. The van der Waals surface area contributed by atoms with Crippen molar-refractivity contribution >= 4 is 17.2 Å². The molecule has 0 unspecified atom stereocenters. The van der Waals surface area contributed by atoms with Crippen molar-refractivity contribution in [3.05, 3.63) is 41.4 Å². The highest BCUT2D eigenvalue weighted by Crippen LogP contribution is 2.21. The second-order valence-corrected chi connectivity index (χ2v) is 3.28. The van der Waals surface area contributed by atoms with E-state index in [-0.39, 0.29) is 5.57 Å². The third-order valence-corrected chi connectivity index (χ3v) is 1.91. The molecule has 1 aromatic rings. The van der Waals surface area contributed by atoms with Crippen LogP contribution in [-0.4, -0.2) is 13.0 Å². The SMILES string of the molecule is C=C(COC(F)(F)F)c1ccc(Cl)cc1. The largest absolute Gasteiger partial charge is 0.522 e. The molecule has 0 aliphatic carbocycles. The fourth-order valence-corrected chi connectivity index (χ4v) is 1.06. The van der Waals surface area contributed by atoms with Gasteiger partial charge in [0.05, 0.1) is 6.61 Å². The Morgan fingerprint density at radius 3 is 2.27 bits per heavy atom. The Morgan fingerprint density at radius 1 is 1.27 bits per heavy atom. The van der Waals surface area contributed by atoms with E-state index >= 15 is 0 Å². The molecule has 0 heterocycles. The van der Waals surface area contributed by atoms with Crippen molar-refractivity contribution in [3.63, 3.8) is 0 Å². The van der Waals surface area contributed by atoms with E-state index in [9.17, 15) is 13.2 Å². The Morgan fingerprint density at radius 2 is 1.80 bits per heavy atom. The summed E-state index contributed by atoms with van der Waals surface area (Å²) in [6, 6.07) is 6.33. The normalized spacial score (nSPS) is 11.5. The summed E-state index contributed by atoms with van der Waals surface area (Å²) in [4.78, 5) is 0. The molecular weight excluding hydrogens is 229 g/mol. The highest BCUT2D eigenvalue weighted by atomic mass is 35.5. The molecule has 82 valence electrons. The van der Waals surface area contributed by atoms with E-state index < -0.39 is 13.0 Å². The first-order chi connectivity index (χ1) is 6.88. The van der Waals surface area contributed by atoms with Crippen molar-refractivity contribution in [1.29, 1.82) is 0 Å². The lowest BCUT2D eigenvalue weighted by Gasteiger charge is -2.09. The molecule has 0 aliphatic heterocycles. The lowest BCUT2D eigenvalue weighted by atomic mass is 10.1. The van der Waals surface area contributed by atoms with Gasteiger partial charge in [0.25, 0.3) is 0 Å². The molecule has 0 saturated heterocycles. The first-order valence-electron chi connectivity index (χ1n) is 4.03. The Balaban J connectivity index is 2.58. The van der Waals surface area contributed by atoms with Crippen molar-refractivity contribution in [2.24, 2.45) is 0 Å². The van der Waals surface area contributed by atoms with Crippen LogP contribution >= 0.6 is 11.6 Å². The minimum atomic E-state index is -4.63. The number of ether oxygens (including phenoxy) is 1. The molecule has 0 saturated carbocycles. The van der Waals surface area contributed by atoms with Crippen molar-refractivity contribution in [3.8, 4) is 0 Å². The third kappa shape index (κ3) is 4.36. The molecular formula is C10H8ClF3O. The molecule has 0 atom stereocenters. The van der Waals surface area contributed by atoms with E-state index in [0.717, 1.165) is 0 Å². The molecule has 0 spiro atoms. The number of alkyl halides is 3. The van der Waals surface area contributed by atoms with Crippen molar-refractivity contribution < 1.29 is 17.9 Å². The molecule has 0 amide bonds. The van der Waals surface area contributed by atoms with E-state index in [1.54, 1.807) is 24.3 Å². The zero-order chi connectivity index (χ0) is 11.5. The molecule has 0 bridgehead atoms. The summed E-state index contributed by atoms with van der Waals surface area (Å²) in [5.74, 6) is 0. The average molecular weight is 237 g/mol. The van der Waals surface area contributed by atoms with Gasteiger partial charge in [-0.3, -0.25) is 4.74 Å².